The highest BCUT2D eigenvalue weighted by molar-refractivity contribution is 7.15. The molecule has 2 heterocycles. The molecule has 0 aliphatic heterocycles. The van der Waals surface area contributed by atoms with Crippen LogP contribution in [0, 0.1) is 0 Å². The van der Waals surface area contributed by atoms with E-state index in [0.29, 0.717) is 34.8 Å². The van der Waals surface area contributed by atoms with E-state index in [2.05, 4.69) is 15.3 Å². The average Bonchev–Trinajstić information content (AvgIpc) is 3.07. The normalized spacial score (nSPS) is 10.4. The summed E-state index contributed by atoms with van der Waals surface area (Å²) in [6, 6.07) is 10.6. The maximum atomic E-state index is 11.8. The van der Waals surface area contributed by atoms with Crippen molar-refractivity contribution in [3.8, 4) is 11.6 Å². The quantitative estimate of drug-likeness (QED) is 0.586. The number of nitrogens with zero attached hydrogens (tertiary/aromatic N) is 2. The van der Waals surface area contributed by atoms with Gasteiger partial charge in [-0.3, -0.25) is 0 Å². The highest BCUT2D eigenvalue weighted by Gasteiger charge is 2.09. The Balaban J connectivity index is 1.60. The van der Waals surface area contributed by atoms with Crippen molar-refractivity contribution in [1.82, 2.24) is 9.97 Å². The third-order valence-corrected chi connectivity index (χ3v) is 4.43. The molecular formula is C18H16ClN3O3S. The predicted octanol–water partition coefficient (Wildman–Crippen LogP) is 4.77. The Bertz CT molecular complexity index is 883. The molecule has 0 bridgehead atoms. The Morgan fingerprint density at radius 3 is 2.73 bits per heavy atom. The van der Waals surface area contributed by atoms with Gasteiger partial charge in [-0.15, -0.1) is 11.3 Å². The molecule has 26 heavy (non-hydrogen) atoms. The van der Waals surface area contributed by atoms with Gasteiger partial charge in [0.2, 0.25) is 5.88 Å². The van der Waals surface area contributed by atoms with E-state index in [1.54, 1.807) is 25.3 Å². The van der Waals surface area contributed by atoms with Crippen molar-refractivity contribution in [2.75, 3.05) is 11.9 Å². The second kappa shape index (κ2) is 8.64. The number of thiazole rings is 1. The number of esters is 1. The van der Waals surface area contributed by atoms with Gasteiger partial charge >= 0.3 is 5.97 Å². The van der Waals surface area contributed by atoms with E-state index in [1.807, 2.05) is 24.3 Å². The number of carbonyl (C=O) groups excluding carboxylic acids is 1. The molecule has 3 aromatic rings. The molecule has 0 radical (unpaired) electrons. The standard InChI is InChI=1S/C18H16ClN3O3S/c1-2-24-17(23)12-7-8-20-16(9-12)25-14-5-3-13(4-6-14)21-10-15-11-22-18(19)26-15/h3-9,11,21H,2,10H2,1H3. The molecule has 6 nitrogen and oxygen atoms in total. The van der Waals surface area contributed by atoms with Crippen LogP contribution in [-0.4, -0.2) is 22.5 Å². The molecular weight excluding hydrogens is 374 g/mol. The van der Waals surface area contributed by atoms with Crippen LogP contribution < -0.4 is 10.1 Å². The fourth-order valence-corrected chi connectivity index (χ4v) is 3.04. The topological polar surface area (TPSA) is 73.3 Å². The van der Waals surface area contributed by atoms with Crippen molar-refractivity contribution in [1.29, 1.82) is 0 Å². The summed E-state index contributed by atoms with van der Waals surface area (Å²) in [5.74, 6) is 0.544. The van der Waals surface area contributed by atoms with Crippen LogP contribution in [0.4, 0.5) is 5.69 Å². The third kappa shape index (κ3) is 4.93. The number of aromatic nitrogens is 2. The summed E-state index contributed by atoms with van der Waals surface area (Å²) >= 11 is 7.26. The van der Waals surface area contributed by atoms with Crippen molar-refractivity contribution in [2.24, 2.45) is 0 Å². The Morgan fingerprint density at radius 2 is 2.04 bits per heavy atom. The monoisotopic (exact) mass is 389 g/mol. The van der Waals surface area contributed by atoms with Crippen LogP contribution in [0.3, 0.4) is 0 Å². The van der Waals surface area contributed by atoms with Gasteiger partial charge in [-0.2, -0.15) is 0 Å². The SMILES string of the molecule is CCOC(=O)c1ccnc(Oc2ccc(NCc3cnc(Cl)s3)cc2)c1. The highest BCUT2D eigenvalue weighted by Crippen LogP contribution is 2.23. The molecule has 0 amide bonds. The fraction of sp³-hybridized carbons (Fsp3) is 0.167. The summed E-state index contributed by atoms with van der Waals surface area (Å²) in [5.41, 5.74) is 1.34. The van der Waals surface area contributed by atoms with Crippen LogP contribution in [0.2, 0.25) is 4.47 Å². The van der Waals surface area contributed by atoms with Gasteiger partial charge < -0.3 is 14.8 Å². The Hall–Kier alpha value is -2.64. The minimum absolute atomic E-state index is 0.319. The van der Waals surface area contributed by atoms with Crippen molar-refractivity contribution in [3.05, 3.63) is 63.7 Å². The van der Waals surface area contributed by atoms with Gasteiger partial charge in [0.05, 0.1) is 18.7 Å². The zero-order valence-electron chi connectivity index (χ0n) is 13.9. The molecule has 0 aliphatic rings. The number of nitrogens with one attached hydrogen (secondary N) is 1. The molecule has 8 heteroatoms. The second-order valence-electron chi connectivity index (χ2n) is 5.16. The number of hydrogen-bond acceptors (Lipinski definition) is 7. The molecule has 0 unspecified atom stereocenters. The summed E-state index contributed by atoms with van der Waals surface area (Å²) in [5, 5.41) is 3.28. The number of hydrogen-bond donors (Lipinski definition) is 1. The fourth-order valence-electron chi connectivity index (χ4n) is 2.12. The summed E-state index contributed by atoms with van der Waals surface area (Å²) < 4.78 is 11.2. The van der Waals surface area contributed by atoms with E-state index >= 15 is 0 Å². The maximum absolute atomic E-state index is 11.8. The van der Waals surface area contributed by atoms with Gasteiger partial charge in [0.25, 0.3) is 0 Å². The lowest BCUT2D eigenvalue weighted by Gasteiger charge is -2.08. The Morgan fingerprint density at radius 1 is 1.23 bits per heavy atom. The van der Waals surface area contributed by atoms with E-state index in [4.69, 9.17) is 21.1 Å². The molecule has 0 aliphatic carbocycles. The number of carbonyl (C=O) groups is 1. The summed E-state index contributed by atoms with van der Waals surface area (Å²) in [6.45, 7) is 2.73. The van der Waals surface area contributed by atoms with Gasteiger partial charge in [0, 0.05) is 29.0 Å². The second-order valence-corrected chi connectivity index (χ2v) is 6.86. The maximum Gasteiger partial charge on any atom is 0.338 e. The van der Waals surface area contributed by atoms with Crippen LogP contribution in [0.5, 0.6) is 11.6 Å². The third-order valence-electron chi connectivity index (χ3n) is 3.31. The van der Waals surface area contributed by atoms with Crippen LogP contribution in [0.25, 0.3) is 0 Å². The predicted molar refractivity (Wildman–Crippen MR) is 101 cm³/mol. The van der Waals surface area contributed by atoms with Crippen LogP contribution in [0.15, 0.2) is 48.8 Å². The first-order chi connectivity index (χ1) is 12.6. The van der Waals surface area contributed by atoms with Gasteiger partial charge in [0.1, 0.15) is 5.75 Å². The summed E-state index contributed by atoms with van der Waals surface area (Å²) in [6.07, 6.45) is 3.26. The molecule has 134 valence electrons. The molecule has 0 saturated heterocycles. The smallest absolute Gasteiger partial charge is 0.338 e. The average molecular weight is 390 g/mol. The van der Waals surface area contributed by atoms with Crippen LogP contribution in [0.1, 0.15) is 22.2 Å². The van der Waals surface area contributed by atoms with Crippen LogP contribution in [-0.2, 0) is 11.3 Å². The van der Waals surface area contributed by atoms with E-state index < -0.39 is 5.97 Å². The lowest BCUT2D eigenvalue weighted by atomic mass is 10.2. The zero-order chi connectivity index (χ0) is 18.4. The number of halogens is 1. The number of ether oxygens (including phenoxy) is 2. The van der Waals surface area contributed by atoms with Gasteiger partial charge in [-0.25, -0.2) is 14.8 Å². The first-order valence-electron chi connectivity index (χ1n) is 7.89. The first kappa shape index (κ1) is 18.2. The Kier molecular flexibility index (Phi) is 6.04. The summed E-state index contributed by atoms with van der Waals surface area (Å²) in [4.78, 5) is 20.9. The van der Waals surface area contributed by atoms with Crippen molar-refractivity contribution < 1.29 is 14.3 Å². The van der Waals surface area contributed by atoms with E-state index in [1.165, 1.54) is 17.5 Å². The van der Waals surface area contributed by atoms with Crippen molar-refractivity contribution in [3.63, 3.8) is 0 Å². The molecule has 0 atom stereocenters. The summed E-state index contributed by atoms with van der Waals surface area (Å²) in [7, 11) is 0. The number of anilines is 1. The number of benzene rings is 1. The van der Waals surface area contributed by atoms with Crippen LogP contribution >= 0.6 is 22.9 Å². The van der Waals surface area contributed by atoms with Crippen molar-refractivity contribution in [2.45, 2.75) is 13.5 Å². The molecule has 3 rings (SSSR count). The number of pyridine rings is 1. The van der Waals surface area contributed by atoms with E-state index in [9.17, 15) is 4.79 Å². The van der Waals surface area contributed by atoms with E-state index in [-0.39, 0.29) is 0 Å². The number of rotatable bonds is 7. The minimum Gasteiger partial charge on any atom is -0.462 e. The molecule has 1 N–H and O–H groups in total. The minimum atomic E-state index is -0.400. The first-order valence-corrected chi connectivity index (χ1v) is 9.08. The van der Waals surface area contributed by atoms with Crippen molar-refractivity contribution >= 4 is 34.6 Å². The molecule has 0 saturated carbocycles. The molecule has 0 fully saturated rings. The van der Waals surface area contributed by atoms with Gasteiger partial charge in [-0.1, -0.05) is 11.6 Å². The Labute approximate surface area is 159 Å². The lowest BCUT2D eigenvalue weighted by Crippen LogP contribution is -2.05. The van der Waals surface area contributed by atoms with Gasteiger partial charge in [-0.05, 0) is 37.3 Å². The van der Waals surface area contributed by atoms with E-state index in [0.717, 1.165) is 10.6 Å². The molecule has 1 aromatic carbocycles. The lowest BCUT2D eigenvalue weighted by molar-refractivity contribution is 0.0526. The largest absolute Gasteiger partial charge is 0.462 e. The zero-order valence-corrected chi connectivity index (χ0v) is 15.5. The highest BCUT2D eigenvalue weighted by atomic mass is 35.5. The molecule has 0 spiro atoms. The van der Waals surface area contributed by atoms with Gasteiger partial charge in [0.15, 0.2) is 4.47 Å². The molecule has 2 aromatic heterocycles.